The summed E-state index contributed by atoms with van der Waals surface area (Å²) in [6, 6.07) is 24.1. The molecular weight excluding hydrogens is 490 g/mol. The van der Waals surface area contributed by atoms with Crippen LogP contribution in [-0.4, -0.2) is 59.0 Å². The Morgan fingerprint density at radius 2 is 1.54 bits per heavy atom. The molecule has 2 aliphatic rings. The van der Waals surface area contributed by atoms with Gasteiger partial charge in [-0.15, -0.1) is 0 Å². The molecule has 2 saturated heterocycles. The summed E-state index contributed by atoms with van der Waals surface area (Å²) in [6.45, 7) is 5.34. The first kappa shape index (κ1) is 26.6. The monoisotopic (exact) mass is 525 g/mol. The zero-order valence-electron chi connectivity index (χ0n) is 22.6. The van der Waals surface area contributed by atoms with E-state index in [2.05, 4.69) is 12.2 Å². The standard InChI is InChI=1S/C32H35N3O4/c1-3-24-13-15-26(16-14-24)30(37)34-19-17-32(18-20-34)35(31(38)27-12-8-7-9-23(27)2)28(22-39-32)29(36)33-21-25-10-5-4-6-11-25/h4-16,28H,3,17-22H2,1-2H3,(H,33,36)/t28-/m1/s1. The molecule has 0 saturated carbocycles. The number of piperidine rings is 1. The number of carbonyl (C=O) groups is 3. The Kier molecular flexibility index (Phi) is 7.79. The molecule has 5 rings (SSSR count). The maximum atomic E-state index is 14.0. The van der Waals surface area contributed by atoms with Crippen LogP contribution in [0.4, 0.5) is 0 Å². The first-order chi connectivity index (χ1) is 18.9. The Bertz CT molecular complexity index is 1330. The highest BCUT2D eigenvalue weighted by atomic mass is 16.5. The van der Waals surface area contributed by atoms with Crippen LogP contribution in [0.25, 0.3) is 0 Å². The van der Waals surface area contributed by atoms with Gasteiger partial charge in [0.15, 0.2) is 0 Å². The van der Waals surface area contributed by atoms with Crippen molar-refractivity contribution < 1.29 is 19.1 Å². The third-order valence-corrected chi connectivity index (χ3v) is 7.91. The van der Waals surface area contributed by atoms with E-state index < -0.39 is 11.8 Å². The molecular formula is C32H35N3O4. The summed E-state index contributed by atoms with van der Waals surface area (Å²) in [6.07, 6.45) is 1.79. The van der Waals surface area contributed by atoms with E-state index >= 15 is 0 Å². The molecule has 0 radical (unpaired) electrons. The molecule has 2 aliphatic heterocycles. The number of carbonyl (C=O) groups excluding carboxylic acids is 3. The number of likely N-dealkylation sites (tertiary alicyclic amines) is 1. The van der Waals surface area contributed by atoms with E-state index in [1.54, 1.807) is 11.0 Å². The number of nitrogens with one attached hydrogen (secondary N) is 1. The maximum Gasteiger partial charge on any atom is 0.257 e. The van der Waals surface area contributed by atoms with Crippen molar-refractivity contribution in [3.63, 3.8) is 0 Å². The van der Waals surface area contributed by atoms with Crippen molar-refractivity contribution >= 4 is 17.7 Å². The average Bonchev–Trinajstić information content (AvgIpc) is 3.34. The zero-order valence-corrected chi connectivity index (χ0v) is 22.6. The number of rotatable bonds is 6. The third kappa shape index (κ3) is 5.45. The lowest BCUT2D eigenvalue weighted by Crippen LogP contribution is -2.59. The van der Waals surface area contributed by atoms with Crippen molar-refractivity contribution in [2.24, 2.45) is 0 Å². The second kappa shape index (κ2) is 11.4. The summed E-state index contributed by atoms with van der Waals surface area (Å²) < 4.78 is 6.33. The summed E-state index contributed by atoms with van der Waals surface area (Å²) in [5.74, 6) is -0.494. The Morgan fingerprint density at radius 3 is 2.21 bits per heavy atom. The largest absolute Gasteiger partial charge is 0.353 e. The van der Waals surface area contributed by atoms with Crippen LogP contribution in [0.2, 0.25) is 0 Å². The van der Waals surface area contributed by atoms with Gasteiger partial charge in [0.1, 0.15) is 11.8 Å². The van der Waals surface area contributed by atoms with E-state index in [0.717, 1.165) is 17.5 Å². The molecule has 1 spiro atoms. The normalized spacial score (nSPS) is 18.3. The van der Waals surface area contributed by atoms with Gasteiger partial charge in [0.2, 0.25) is 5.91 Å². The van der Waals surface area contributed by atoms with Crippen molar-refractivity contribution in [1.29, 1.82) is 0 Å². The van der Waals surface area contributed by atoms with Crippen molar-refractivity contribution in [3.8, 4) is 0 Å². The highest BCUT2D eigenvalue weighted by molar-refractivity contribution is 5.99. The lowest BCUT2D eigenvalue weighted by molar-refractivity contribution is -0.128. The quantitative estimate of drug-likeness (QED) is 0.519. The third-order valence-electron chi connectivity index (χ3n) is 7.91. The van der Waals surface area contributed by atoms with Gasteiger partial charge >= 0.3 is 0 Å². The van der Waals surface area contributed by atoms with Gasteiger partial charge in [-0.25, -0.2) is 0 Å². The van der Waals surface area contributed by atoms with Gasteiger partial charge in [0.25, 0.3) is 11.8 Å². The van der Waals surface area contributed by atoms with Crippen LogP contribution in [0.5, 0.6) is 0 Å². The molecule has 3 amide bonds. The first-order valence-electron chi connectivity index (χ1n) is 13.6. The van der Waals surface area contributed by atoms with Crippen LogP contribution >= 0.6 is 0 Å². The number of nitrogens with zero attached hydrogens (tertiary/aromatic N) is 2. The molecule has 39 heavy (non-hydrogen) atoms. The molecule has 0 aliphatic carbocycles. The molecule has 0 bridgehead atoms. The fourth-order valence-electron chi connectivity index (χ4n) is 5.54. The summed E-state index contributed by atoms with van der Waals surface area (Å²) in [4.78, 5) is 44.1. The molecule has 7 heteroatoms. The van der Waals surface area contributed by atoms with Gasteiger partial charge in [0.05, 0.1) is 6.61 Å². The Morgan fingerprint density at radius 1 is 0.872 bits per heavy atom. The van der Waals surface area contributed by atoms with E-state index in [9.17, 15) is 14.4 Å². The smallest absolute Gasteiger partial charge is 0.257 e. The molecule has 3 aromatic rings. The van der Waals surface area contributed by atoms with E-state index in [1.165, 1.54) is 5.56 Å². The zero-order chi connectivity index (χ0) is 27.4. The topological polar surface area (TPSA) is 79.0 Å². The van der Waals surface area contributed by atoms with Gasteiger partial charge < -0.3 is 15.0 Å². The molecule has 3 aromatic carbocycles. The molecule has 1 N–H and O–H groups in total. The van der Waals surface area contributed by atoms with E-state index in [-0.39, 0.29) is 24.3 Å². The van der Waals surface area contributed by atoms with E-state index in [1.807, 2.05) is 84.6 Å². The number of benzene rings is 3. The van der Waals surface area contributed by atoms with Crippen LogP contribution in [0.15, 0.2) is 78.9 Å². The fraction of sp³-hybridized carbons (Fsp3) is 0.344. The highest BCUT2D eigenvalue weighted by Gasteiger charge is 2.54. The summed E-state index contributed by atoms with van der Waals surface area (Å²) in [5, 5.41) is 2.99. The summed E-state index contributed by atoms with van der Waals surface area (Å²) in [5.41, 5.74) is 3.27. The maximum absolute atomic E-state index is 14.0. The second-order valence-electron chi connectivity index (χ2n) is 10.3. The van der Waals surface area contributed by atoms with Crippen LogP contribution in [0, 0.1) is 6.92 Å². The lowest BCUT2D eigenvalue weighted by atomic mass is 9.95. The number of amides is 3. The lowest BCUT2D eigenvalue weighted by Gasteiger charge is -2.44. The van der Waals surface area contributed by atoms with Crippen molar-refractivity contribution in [2.45, 2.75) is 51.4 Å². The molecule has 2 fully saturated rings. The minimum atomic E-state index is -0.947. The van der Waals surface area contributed by atoms with Gasteiger partial charge in [-0.2, -0.15) is 0 Å². The first-order valence-corrected chi connectivity index (χ1v) is 13.6. The number of hydrogen-bond acceptors (Lipinski definition) is 4. The Balaban J connectivity index is 1.36. The minimum Gasteiger partial charge on any atom is -0.353 e. The summed E-state index contributed by atoms with van der Waals surface area (Å²) in [7, 11) is 0. The molecule has 202 valence electrons. The number of aryl methyl sites for hydroxylation is 2. The Labute approximate surface area is 229 Å². The second-order valence-corrected chi connectivity index (χ2v) is 10.3. The fourth-order valence-corrected chi connectivity index (χ4v) is 5.54. The van der Waals surface area contributed by atoms with Gasteiger partial charge in [-0.1, -0.05) is 67.6 Å². The van der Waals surface area contributed by atoms with Crippen molar-refractivity contribution in [1.82, 2.24) is 15.1 Å². The molecule has 2 heterocycles. The minimum absolute atomic E-state index is 0.0283. The molecule has 0 aromatic heterocycles. The van der Waals surface area contributed by atoms with Crippen molar-refractivity contribution in [2.75, 3.05) is 19.7 Å². The molecule has 1 atom stereocenters. The van der Waals surface area contributed by atoms with Gasteiger partial charge in [0, 0.05) is 43.6 Å². The predicted octanol–water partition coefficient (Wildman–Crippen LogP) is 4.35. The average molecular weight is 526 g/mol. The number of hydrogen-bond donors (Lipinski definition) is 1. The SMILES string of the molecule is CCc1ccc(C(=O)N2CCC3(CC2)OC[C@H](C(=O)NCc2ccccc2)N3C(=O)c2ccccc2C)cc1. The van der Waals surface area contributed by atoms with Crippen LogP contribution in [0.1, 0.15) is 57.2 Å². The van der Waals surface area contributed by atoms with Gasteiger partial charge in [-0.05, 0) is 48.2 Å². The van der Waals surface area contributed by atoms with Gasteiger partial charge in [-0.3, -0.25) is 19.3 Å². The number of ether oxygens (including phenoxy) is 1. The van der Waals surface area contributed by atoms with E-state index in [0.29, 0.717) is 43.6 Å². The van der Waals surface area contributed by atoms with Crippen LogP contribution < -0.4 is 5.32 Å². The van der Waals surface area contributed by atoms with Crippen LogP contribution in [-0.2, 0) is 22.5 Å². The summed E-state index contributed by atoms with van der Waals surface area (Å²) >= 11 is 0. The molecule has 7 nitrogen and oxygen atoms in total. The van der Waals surface area contributed by atoms with Crippen molar-refractivity contribution in [3.05, 3.63) is 107 Å². The van der Waals surface area contributed by atoms with E-state index in [4.69, 9.17) is 4.74 Å². The molecule has 0 unspecified atom stereocenters. The Hall–Kier alpha value is -3.97. The van der Waals surface area contributed by atoms with Crippen LogP contribution in [0.3, 0.4) is 0 Å². The predicted molar refractivity (Wildman–Crippen MR) is 149 cm³/mol. The highest BCUT2D eigenvalue weighted by Crippen LogP contribution is 2.39.